The average Bonchev–Trinajstić information content (AvgIpc) is 3.14. The van der Waals surface area contributed by atoms with Crippen LogP contribution in [0.1, 0.15) is 39.7 Å². The molecule has 21 heteroatoms. The lowest BCUT2D eigenvalue weighted by molar-refractivity contribution is -0.212. The highest BCUT2D eigenvalue weighted by Gasteiger charge is 2.56. The average molecular weight is 1170 g/mol. The highest BCUT2D eigenvalue weighted by Crippen LogP contribution is 2.58. The molecule has 13 nitrogen and oxygen atoms in total. The summed E-state index contributed by atoms with van der Waals surface area (Å²) in [5.74, 6) is -5.71. The van der Waals surface area contributed by atoms with Crippen molar-refractivity contribution in [1.82, 2.24) is 0 Å². The van der Waals surface area contributed by atoms with Gasteiger partial charge in [0.2, 0.25) is 0 Å². The van der Waals surface area contributed by atoms with Crippen LogP contribution in [0.3, 0.4) is 0 Å². The van der Waals surface area contributed by atoms with Crippen LogP contribution in [-0.4, -0.2) is 71.2 Å². The van der Waals surface area contributed by atoms with Crippen LogP contribution in [-0.2, 0) is 39.2 Å². The van der Waals surface area contributed by atoms with E-state index >= 15 is 0 Å². The third-order valence-electron chi connectivity index (χ3n) is 9.07. The predicted molar refractivity (Wildman–Crippen MR) is 217 cm³/mol. The first-order valence-corrected chi connectivity index (χ1v) is 22.5. The molecule has 3 aliphatic carbocycles. The first kappa shape index (κ1) is 43.3. The summed E-state index contributed by atoms with van der Waals surface area (Å²) in [4.78, 5) is 27.7. The third-order valence-corrected chi connectivity index (χ3v) is 13.8. The molecule has 0 N–H and O–H groups in total. The Morgan fingerprint density at radius 1 is 0.684 bits per heavy atom. The topological polar surface area (TPSA) is 198 Å². The van der Waals surface area contributed by atoms with Gasteiger partial charge < -0.3 is 28.6 Å². The summed E-state index contributed by atoms with van der Waals surface area (Å²) in [5, 5.41) is 12.3. The van der Waals surface area contributed by atoms with E-state index in [0.717, 1.165) is 40.5 Å². The van der Waals surface area contributed by atoms with E-state index < -0.39 is 77.6 Å². The number of alkyl halides is 3. The number of benzene rings is 4. The quantitative estimate of drug-likeness (QED) is 0.0412. The highest BCUT2D eigenvalue weighted by molar-refractivity contribution is 14.1. The Balaban J connectivity index is 1.17. The Labute approximate surface area is 364 Å². The summed E-state index contributed by atoms with van der Waals surface area (Å²) in [6.45, 7) is -0.848. The van der Waals surface area contributed by atoms with Crippen LogP contribution in [0.4, 0.5) is 13.2 Å². The SMILES string of the molecule is O=C(OCCOc1ccc(S(=O)(=O)[O-])c(I)c1)C1C2c3ccccc3C(c3ccccc32)C1C(=O)OCCOc1c(I)cc(/C([O-])=N\S(=O)(=O)C(F)(F)F)cc1I. The fourth-order valence-electron chi connectivity index (χ4n) is 6.83. The van der Waals surface area contributed by atoms with Crippen molar-refractivity contribution in [2.24, 2.45) is 16.2 Å². The van der Waals surface area contributed by atoms with Gasteiger partial charge in [-0.15, -0.1) is 0 Å². The molecule has 0 aliphatic heterocycles. The molecule has 0 spiro atoms. The third kappa shape index (κ3) is 9.16. The normalized spacial score (nSPS) is 19.0. The zero-order valence-electron chi connectivity index (χ0n) is 28.6. The molecule has 2 atom stereocenters. The molecule has 0 radical (unpaired) electrons. The minimum Gasteiger partial charge on any atom is -0.858 e. The zero-order chi connectivity index (χ0) is 41.4. The van der Waals surface area contributed by atoms with Crippen LogP contribution in [0.5, 0.6) is 11.5 Å². The standard InChI is InChI=1S/C36H27F3I3NO12S2/c37-36(38,39)57(50,51)43-33(44)18-15-25(41)32(26(42)16-18)53-12-14-55-35(46)31-29-22-7-3-1-5-20(22)28(21-6-2-4-8-23(21)29)30(31)34(45)54-13-11-52-19-9-10-27(24(40)17-19)56(47,48)49/h1-10,15-17,28-31H,11-14H2,(H,43,44)(H,47,48,49)/p-2. The fourth-order valence-corrected chi connectivity index (χ4v) is 11.2. The van der Waals surface area contributed by atoms with Crippen molar-refractivity contribution in [3.8, 4) is 11.5 Å². The Morgan fingerprint density at radius 3 is 1.56 bits per heavy atom. The van der Waals surface area contributed by atoms with E-state index in [1.165, 1.54) is 12.1 Å². The second-order valence-electron chi connectivity index (χ2n) is 12.4. The van der Waals surface area contributed by atoms with Crippen LogP contribution in [0.25, 0.3) is 0 Å². The molecule has 0 heterocycles. The predicted octanol–water partition coefficient (Wildman–Crippen LogP) is 5.43. The lowest BCUT2D eigenvalue weighted by atomic mass is 9.54. The zero-order valence-corrected chi connectivity index (χ0v) is 36.7. The molecule has 0 saturated carbocycles. The van der Waals surface area contributed by atoms with Crippen molar-refractivity contribution in [1.29, 1.82) is 0 Å². The van der Waals surface area contributed by atoms with Crippen LogP contribution < -0.4 is 14.6 Å². The number of ether oxygens (including phenoxy) is 4. The number of carbonyl (C=O) groups excluding carboxylic acids is 2. The van der Waals surface area contributed by atoms with Gasteiger partial charge in [-0.3, -0.25) is 9.59 Å². The Kier molecular flexibility index (Phi) is 13.0. The van der Waals surface area contributed by atoms with Gasteiger partial charge in [0.15, 0.2) is 0 Å². The van der Waals surface area contributed by atoms with Crippen LogP contribution >= 0.6 is 67.8 Å². The van der Waals surface area contributed by atoms with Gasteiger partial charge in [-0.2, -0.15) is 26.0 Å². The number of sulfonamides is 1. The minimum atomic E-state index is -6.05. The molecular formula is C36H25F3I3NO12S2-2. The van der Waals surface area contributed by atoms with Crippen LogP contribution in [0.2, 0.25) is 0 Å². The molecule has 7 rings (SSSR count). The summed E-state index contributed by atoms with van der Waals surface area (Å²) in [7, 11) is -10.7. The summed E-state index contributed by atoms with van der Waals surface area (Å²) in [5.41, 5.74) is -2.71. The van der Waals surface area contributed by atoms with E-state index in [0.29, 0.717) is 0 Å². The van der Waals surface area contributed by atoms with E-state index in [-0.39, 0.29) is 48.6 Å². The smallest absolute Gasteiger partial charge is 0.518 e. The molecule has 4 aromatic carbocycles. The number of esters is 2. The molecule has 57 heavy (non-hydrogen) atoms. The molecule has 4 aromatic rings. The summed E-state index contributed by atoms with van der Waals surface area (Å²) < 4.78 is 121. The molecule has 2 unspecified atom stereocenters. The Morgan fingerprint density at radius 2 is 1.14 bits per heavy atom. The number of hydrogen-bond acceptors (Lipinski definition) is 12. The first-order valence-electron chi connectivity index (χ1n) is 16.4. The second-order valence-corrected chi connectivity index (χ2v) is 18.9. The number of fused-ring (bicyclic) bond motifs is 1. The van der Waals surface area contributed by atoms with Crippen molar-refractivity contribution < 1.29 is 68.2 Å². The van der Waals surface area contributed by atoms with E-state index in [1.807, 2.05) is 48.5 Å². The lowest BCUT2D eigenvalue weighted by Gasteiger charge is -2.48. The van der Waals surface area contributed by atoms with Gasteiger partial charge in [0.05, 0.1) is 23.9 Å². The van der Waals surface area contributed by atoms with E-state index in [1.54, 1.807) is 67.8 Å². The van der Waals surface area contributed by atoms with Gasteiger partial charge in [0.25, 0.3) is 0 Å². The van der Waals surface area contributed by atoms with Crippen LogP contribution in [0.15, 0.2) is 88.2 Å². The van der Waals surface area contributed by atoms with E-state index in [2.05, 4.69) is 4.40 Å². The Hall–Kier alpha value is -3.27. The molecule has 0 saturated heterocycles. The van der Waals surface area contributed by atoms with Gasteiger partial charge in [0, 0.05) is 21.3 Å². The van der Waals surface area contributed by atoms with Crippen molar-refractivity contribution in [2.75, 3.05) is 26.4 Å². The van der Waals surface area contributed by atoms with Crippen molar-refractivity contribution in [2.45, 2.75) is 22.2 Å². The molecule has 0 aromatic heterocycles. The summed E-state index contributed by atoms with van der Waals surface area (Å²) >= 11 is 5.19. The van der Waals surface area contributed by atoms with Gasteiger partial charge in [-0.25, -0.2) is 8.42 Å². The highest BCUT2D eigenvalue weighted by atomic mass is 127. The molecule has 0 fully saturated rings. The lowest BCUT2D eigenvalue weighted by Crippen LogP contribution is -2.48. The fraction of sp³-hybridized carbons (Fsp3) is 0.250. The Bertz CT molecular complexity index is 2430. The maximum absolute atomic E-state index is 14.1. The molecule has 0 amide bonds. The van der Waals surface area contributed by atoms with Gasteiger partial charge in [0.1, 0.15) is 48.0 Å². The molecular weight excluding hydrogens is 1140 g/mol. The number of nitrogens with zero attached hydrogens (tertiary/aromatic N) is 1. The monoisotopic (exact) mass is 1160 g/mol. The number of halogens is 6. The van der Waals surface area contributed by atoms with Crippen LogP contribution in [0, 0.1) is 22.5 Å². The first-order chi connectivity index (χ1) is 26.8. The number of carbonyl (C=O) groups is 2. The summed E-state index contributed by atoms with van der Waals surface area (Å²) in [6, 6.07) is 21.0. The maximum atomic E-state index is 14.1. The second kappa shape index (κ2) is 17.1. The van der Waals surface area contributed by atoms with Gasteiger partial charge in [-0.05, 0) is 126 Å². The largest absolute Gasteiger partial charge is 0.858 e. The van der Waals surface area contributed by atoms with E-state index in [4.69, 9.17) is 18.9 Å². The van der Waals surface area contributed by atoms with E-state index in [9.17, 15) is 49.3 Å². The van der Waals surface area contributed by atoms with Crippen molar-refractivity contribution >= 4 is 106 Å². The molecule has 2 bridgehead atoms. The molecule has 3 aliphatic rings. The van der Waals surface area contributed by atoms with Crippen molar-refractivity contribution in [3.63, 3.8) is 0 Å². The van der Waals surface area contributed by atoms with Gasteiger partial charge in [-0.1, -0.05) is 48.5 Å². The minimum absolute atomic E-state index is 0.125. The van der Waals surface area contributed by atoms with Crippen molar-refractivity contribution in [3.05, 3.63) is 117 Å². The maximum Gasteiger partial charge on any atom is 0.518 e. The molecule has 302 valence electrons. The number of hydrogen-bond donors (Lipinski definition) is 0. The van der Waals surface area contributed by atoms with Gasteiger partial charge >= 0.3 is 27.5 Å². The number of rotatable bonds is 13. The summed E-state index contributed by atoms with van der Waals surface area (Å²) in [6.07, 6.45) is 0.